The monoisotopic (exact) mass is 334 g/mol. The van der Waals surface area contributed by atoms with Crippen LogP contribution in [0.25, 0.3) is 0 Å². The van der Waals surface area contributed by atoms with Gasteiger partial charge in [-0.15, -0.1) is 0 Å². The van der Waals surface area contributed by atoms with Crippen LogP contribution in [0.15, 0.2) is 0 Å². The highest BCUT2D eigenvalue weighted by atomic mass is 16.6. The summed E-state index contributed by atoms with van der Waals surface area (Å²) < 4.78 is 21.3. The molecule has 0 aromatic carbocycles. The third-order valence-corrected chi connectivity index (χ3v) is 3.22. The van der Waals surface area contributed by atoms with E-state index in [0.717, 1.165) is 13.0 Å². The smallest absolute Gasteiger partial charge is 0.305 e. The minimum absolute atomic E-state index is 0.0296. The molecule has 23 heavy (non-hydrogen) atoms. The van der Waals surface area contributed by atoms with Gasteiger partial charge in [0.1, 0.15) is 0 Å². The number of unbranched alkanes of at least 4 members (excludes halogenated alkanes) is 5. The Labute approximate surface area is 140 Å². The molecule has 6 heteroatoms. The fraction of sp³-hybridized carbons (Fsp3) is 0.941. The molecule has 0 aliphatic carbocycles. The maximum Gasteiger partial charge on any atom is 0.305 e. The van der Waals surface area contributed by atoms with E-state index >= 15 is 0 Å². The van der Waals surface area contributed by atoms with Crippen molar-refractivity contribution in [3.05, 3.63) is 0 Å². The van der Waals surface area contributed by atoms with E-state index < -0.39 is 5.97 Å². The number of carboxylic acid groups (broad SMARTS) is 1. The predicted octanol–water partition coefficient (Wildman–Crippen LogP) is 2.89. The van der Waals surface area contributed by atoms with Gasteiger partial charge in [-0.25, -0.2) is 0 Å². The zero-order valence-corrected chi connectivity index (χ0v) is 14.6. The van der Waals surface area contributed by atoms with Crippen LogP contribution >= 0.6 is 0 Å². The molecule has 0 aromatic heterocycles. The molecule has 0 heterocycles. The molecule has 1 N–H and O–H groups in total. The number of ether oxygens (including phenoxy) is 4. The van der Waals surface area contributed by atoms with E-state index in [9.17, 15) is 4.79 Å². The standard InChI is InChI=1S/C17H34O6/c1-2-3-4-5-6-7-9-20-11-13-22-15-16-23-14-12-21-10-8-17(18)19/h2-16H2,1H3,(H,18,19). The quantitative estimate of drug-likeness (QED) is 0.366. The second-order valence-electron chi connectivity index (χ2n) is 5.36. The van der Waals surface area contributed by atoms with Crippen LogP contribution in [0.4, 0.5) is 0 Å². The van der Waals surface area contributed by atoms with E-state index in [1.54, 1.807) is 0 Å². The van der Waals surface area contributed by atoms with Crippen LogP contribution in [0, 0.1) is 0 Å². The van der Waals surface area contributed by atoms with Gasteiger partial charge in [-0.05, 0) is 6.42 Å². The first kappa shape index (κ1) is 22.3. The van der Waals surface area contributed by atoms with Gasteiger partial charge in [-0.3, -0.25) is 4.79 Å². The van der Waals surface area contributed by atoms with Crippen LogP contribution in [0.3, 0.4) is 0 Å². The first-order chi connectivity index (χ1) is 11.3. The average Bonchev–Trinajstić information content (AvgIpc) is 2.53. The lowest BCUT2D eigenvalue weighted by atomic mass is 10.1. The van der Waals surface area contributed by atoms with Crippen molar-refractivity contribution >= 4 is 5.97 Å². The summed E-state index contributed by atoms with van der Waals surface area (Å²) in [6, 6.07) is 0. The van der Waals surface area contributed by atoms with E-state index in [-0.39, 0.29) is 13.0 Å². The van der Waals surface area contributed by atoms with Crippen molar-refractivity contribution in [1.82, 2.24) is 0 Å². The Hall–Kier alpha value is -0.690. The molecule has 0 aromatic rings. The van der Waals surface area contributed by atoms with Crippen molar-refractivity contribution < 1.29 is 28.8 Å². The van der Waals surface area contributed by atoms with E-state index in [1.165, 1.54) is 32.1 Å². The summed E-state index contributed by atoms with van der Waals surface area (Å²) in [5.74, 6) is -0.849. The van der Waals surface area contributed by atoms with Gasteiger partial charge in [-0.1, -0.05) is 39.0 Å². The van der Waals surface area contributed by atoms with Gasteiger partial charge in [0.2, 0.25) is 0 Å². The Morgan fingerprint density at radius 1 is 0.652 bits per heavy atom. The number of aliphatic carboxylic acids is 1. The molecule has 138 valence electrons. The van der Waals surface area contributed by atoms with Gasteiger partial charge in [0, 0.05) is 6.61 Å². The van der Waals surface area contributed by atoms with Gasteiger partial charge < -0.3 is 24.1 Å². The molecular formula is C17H34O6. The van der Waals surface area contributed by atoms with Crippen LogP contribution < -0.4 is 0 Å². The Morgan fingerprint density at radius 3 is 1.61 bits per heavy atom. The largest absolute Gasteiger partial charge is 0.481 e. The fourth-order valence-electron chi connectivity index (χ4n) is 1.91. The van der Waals surface area contributed by atoms with Crippen molar-refractivity contribution in [2.24, 2.45) is 0 Å². The molecule has 0 radical (unpaired) electrons. The first-order valence-electron chi connectivity index (χ1n) is 8.80. The zero-order chi connectivity index (χ0) is 17.0. The normalized spacial score (nSPS) is 11.0. The summed E-state index contributed by atoms with van der Waals surface area (Å²) in [4.78, 5) is 10.2. The zero-order valence-electron chi connectivity index (χ0n) is 14.6. The van der Waals surface area contributed by atoms with Crippen molar-refractivity contribution in [1.29, 1.82) is 0 Å². The Morgan fingerprint density at radius 2 is 1.09 bits per heavy atom. The molecule has 0 aliphatic heterocycles. The highest BCUT2D eigenvalue weighted by Crippen LogP contribution is 2.04. The third-order valence-electron chi connectivity index (χ3n) is 3.22. The molecule has 0 fully saturated rings. The van der Waals surface area contributed by atoms with E-state index in [1.807, 2.05) is 0 Å². The number of hydrogen-bond acceptors (Lipinski definition) is 5. The molecule has 0 saturated carbocycles. The topological polar surface area (TPSA) is 74.2 Å². The molecule has 0 rings (SSSR count). The van der Waals surface area contributed by atoms with Crippen LogP contribution in [0.1, 0.15) is 51.9 Å². The minimum atomic E-state index is -0.849. The van der Waals surface area contributed by atoms with E-state index in [0.29, 0.717) is 39.6 Å². The number of rotatable bonds is 19. The highest BCUT2D eigenvalue weighted by molar-refractivity contribution is 5.66. The lowest BCUT2D eigenvalue weighted by Crippen LogP contribution is -2.12. The van der Waals surface area contributed by atoms with Gasteiger partial charge in [0.05, 0.1) is 52.7 Å². The maximum atomic E-state index is 10.2. The molecular weight excluding hydrogens is 300 g/mol. The molecule has 0 unspecified atom stereocenters. The van der Waals surface area contributed by atoms with Crippen LogP contribution in [0.2, 0.25) is 0 Å². The molecule has 0 spiro atoms. The summed E-state index contributed by atoms with van der Waals surface area (Å²) in [7, 11) is 0. The molecule has 0 saturated heterocycles. The highest BCUT2D eigenvalue weighted by Gasteiger charge is 1.96. The van der Waals surface area contributed by atoms with Gasteiger partial charge in [-0.2, -0.15) is 0 Å². The van der Waals surface area contributed by atoms with E-state index in [2.05, 4.69) is 6.92 Å². The Kier molecular flexibility index (Phi) is 18.8. The summed E-state index contributed by atoms with van der Waals surface area (Å²) in [6.07, 6.45) is 7.69. The molecule has 0 aliphatic rings. The second kappa shape index (κ2) is 19.4. The number of hydrogen-bond donors (Lipinski definition) is 1. The number of carbonyl (C=O) groups is 1. The Balaban J connectivity index is 2.96. The minimum Gasteiger partial charge on any atom is -0.481 e. The number of carboxylic acids is 1. The second-order valence-corrected chi connectivity index (χ2v) is 5.36. The van der Waals surface area contributed by atoms with Crippen molar-refractivity contribution in [2.45, 2.75) is 51.9 Å². The van der Waals surface area contributed by atoms with Crippen LogP contribution in [-0.2, 0) is 23.7 Å². The van der Waals surface area contributed by atoms with Crippen molar-refractivity contribution in [2.75, 3.05) is 52.9 Å². The van der Waals surface area contributed by atoms with Crippen molar-refractivity contribution in [3.8, 4) is 0 Å². The van der Waals surface area contributed by atoms with Crippen LogP contribution in [-0.4, -0.2) is 63.9 Å². The summed E-state index contributed by atoms with van der Waals surface area (Å²) in [5.41, 5.74) is 0. The fourth-order valence-corrected chi connectivity index (χ4v) is 1.91. The van der Waals surface area contributed by atoms with Gasteiger partial charge in [0.25, 0.3) is 0 Å². The first-order valence-corrected chi connectivity index (χ1v) is 8.80. The maximum absolute atomic E-state index is 10.2. The summed E-state index contributed by atoms with van der Waals surface area (Å²) in [6.45, 7) is 6.41. The SMILES string of the molecule is CCCCCCCCOCCOCCOCCOCCC(=O)O. The summed E-state index contributed by atoms with van der Waals surface area (Å²) in [5, 5.41) is 8.41. The molecule has 0 atom stereocenters. The van der Waals surface area contributed by atoms with Crippen molar-refractivity contribution in [3.63, 3.8) is 0 Å². The molecule has 0 amide bonds. The van der Waals surface area contributed by atoms with Gasteiger partial charge >= 0.3 is 5.97 Å². The molecule has 0 bridgehead atoms. The van der Waals surface area contributed by atoms with Gasteiger partial charge in [0.15, 0.2) is 0 Å². The van der Waals surface area contributed by atoms with E-state index in [4.69, 9.17) is 24.1 Å². The lowest BCUT2D eigenvalue weighted by molar-refractivity contribution is -0.138. The molecule has 6 nitrogen and oxygen atoms in total. The van der Waals surface area contributed by atoms with Crippen LogP contribution in [0.5, 0.6) is 0 Å². The summed E-state index contributed by atoms with van der Waals surface area (Å²) >= 11 is 0. The lowest BCUT2D eigenvalue weighted by Gasteiger charge is -2.07. The average molecular weight is 334 g/mol. The predicted molar refractivity (Wildman–Crippen MR) is 88.9 cm³/mol. The third kappa shape index (κ3) is 21.3. The Bertz CT molecular complexity index is 247.